The van der Waals surface area contributed by atoms with E-state index in [1.807, 2.05) is 0 Å². The molecule has 0 aliphatic heterocycles. The minimum Gasteiger partial charge on any atom is -0.857 e. The number of benzene rings is 1. The van der Waals surface area contributed by atoms with Gasteiger partial charge in [0.15, 0.2) is 0 Å². The number of rotatable bonds is 3. The van der Waals surface area contributed by atoms with Crippen LogP contribution in [0.15, 0.2) is 53.6 Å². The minimum atomic E-state index is 0. The average molecular weight is 414 g/mol. The summed E-state index contributed by atoms with van der Waals surface area (Å²) in [7, 11) is 1.50. The minimum absolute atomic E-state index is 0. The van der Waals surface area contributed by atoms with Crippen LogP contribution >= 0.6 is 0 Å². The maximum atomic E-state index is 8.25. The van der Waals surface area contributed by atoms with E-state index in [4.69, 9.17) is 16.6 Å². The first-order valence-electron chi connectivity index (χ1n) is 8.07. The zero-order valence-corrected chi connectivity index (χ0v) is 18.0. The third-order valence-electron chi connectivity index (χ3n) is 4.68. The van der Waals surface area contributed by atoms with E-state index in [1.165, 1.54) is 22.3 Å². The first-order valence-corrected chi connectivity index (χ1v) is 8.07. The van der Waals surface area contributed by atoms with E-state index in [0.29, 0.717) is 5.92 Å². The summed E-state index contributed by atoms with van der Waals surface area (Å²) in [6.07, 6.45) is 16.5. The second-order valence-electron chi connectivity index (χ2n) is 6.14. The largest absolute Gasteiger partial charge is 2.00 e. The molecule has 0 N–H and O–H groups in total. The molecular formula is C22H26O2Zr. The van der Waals surface area contributed by atoms with E-state index < -0.39 is 0 Å². The topological polar surface area (TPSA) is 46.1 Å². The molecule has 0 spiro atoms. The summed E-state index contributed by atoms with van der Waals surface area (Å²) in [5, 5.41) is 16.5. The van der Waals surface area contributed by atoms with Gasteiger partial charge in [0.05, 0.1) is 0 Å². The fourth-order valence-corrected chi connectivity index (χ4v) is 3.45. The number of hydrogen-bond acceptors (Lipinski definition) is 2. The Hall–Kier alpha value is -1.20. The van der Waals surface area contributed by atoms with Gasteiger partial charge in [0.2, 0.25) is 0 Å². The van der Waals surface area contributed by atoms with Crippen molar-refractivity contribution < 1.29 is 36.4 Å². The van der Waals surface area contributed by atoms with Crippen LogP contribution in [0.2, 0.25) is 0 Å². The van der Waals surface area contributed by atoms with Crippen LogP contribution in [0, 0.1) is 17.8 Å². The number of fused-ring (bicyclic) bond motifs is 1. The molecule has 1 atom stereocenters. The molecule has 2 nitrogen and oxygen atoms in total. The predicted octanol–water partition coefficient (Wildman–Crippen LogP) is 3.05. The van der Waals surface area contributed by atoms with Crippen molar-refractivity contribution in [3.8, 4) is 12.3 Å². The Balaban J connectivity index is 0.00000108. The zero-order chi connectivity index (χ0) is 18.2. The molecular weight excluding hydrogens is 387 g/mol. The van der Waals surface area contributed by atoms with Gasteiger partial charge in [0, 0.05) is 17.8 Å². The molecule has 0 fully saturated rings. The van der Waals surface area contributed by atoms with E-state index in [1.54, 1.807) is 0 Å². The quantitative estimate of drug-likeness (QED) is 0.715. The van der Waals surface area contributed by atoms with Crippen LogP contribution in [0.25, 0.3) is 6.08 Å². The third-order valence-corrected chi connectivity index (χ3v) is 4.68. The second-order valence-corrected chi connectivity index (χ2v) is 6.14. The van der Waals surface area contributed by atoms with E-state index in [0.717, 1.165) is 27.1 Å². The monoisotopic (exact) mass is 412 g/mol. The van der Waals surface area contributed by atoms with Gasteiger partial charge in [0.25, 0.3) is 0 Å². The molecule has 1 unspecified atom stereocenters. The van der Waals surface area contributed by atoms with Gasteiger partial charge in [-0.3, -0.25) is 0 Å². The van der Waals surface area contributed by atoms with Gasteiger partial charge in [-0.2, -0.15) is 14.2 Å². The Labute approximate surface area is 171 Å². The van der Waals surface area contributed by atoms with Crippen molar-refractivity contribution in [1.82, 2.24) is 0 Å². The molecule has 0 amide bonds. The fourth-order valence-electron chi connectivity index (χ4n) is 3.45. The maximum absolute atomic E-state index is 8.25. The van der Waals surface area contributed by atoms with Crippen molar-refractivity contribution in [2.75, 3.05) is 14.2 Å². The van der Waals surface area contributed by atoms with Crippen molar-refractivity contribution in [2.24, 2.45) is 5.41 Å². The Morgan fingerprint density at radius 1 is 1.16 bits per heavy atom. The average Bonchev–Trinajstić information content (AvgIpc) is 3.28. The number of hydrogen-bond donors (Lipinski definition) is 0. The first-order chi connectivity index (χ1) is 11.6. The van der Waals surface area contributed by atoms with Gasteiger partial charge in [0.1, 0.15) is 0 Å². The molecule has 3 heteroatoms. The van der Waals surface area contributed by atoms with Gasteiger partial charge in [-0.1, -0.05) is 73.6 Å². The van der Waals surface area contributed by atoms with Crippen LogP contribution < -0.4 is 10.2 Å². The number of allylic oxidation sites excluding steroid dienone is 5. The van der Waals surface area contributed by atoms with Crippen molar-refractivity contribution in [3.63, 3.8) is 0 Å². The van der Waals surface area contributed by atoms with Gasteiger partial charge in [-0.05, 0) is 17.5 Å². The predicted molar refractivity (Wildman–Crippen MR) is 98.1 cm³/mol. The van der Waals surface area contributed by atoms with E-state index in [2.05, 4.69) is 68.3 Å². The first kappa shape index (κ1) is 23.8. The molecule has 0 bridgehead atoms. The Morgan fingerprint density at radius 2 is 1.80 bits per heavy atom. The molecule has 0 saturated heterocycles. The zero-order valence-electron chi connectivity index (χ0n) is 15.5. The molecule has 0 radical (unpaired) electrons. The van der Waals surface area contributed by atoms with Gasteiger partial charge < -0.3 is 10.2 Å². The molecule has 1 aromatic carbocycles. The Bertz CT molecular complexity index is 676. The van der Waals surface area contributed by atoms with Crippen LogP contribution in [0.3, 0.4) is 0 Å². The van der Waals surface area contributed by atoms with Crippen LogP contribution in [-0.2, 0) is 26.2 Å². The van der Waals surface area contributed by atoms with Crippen molar-refractivity contribution >= 4 is 6.08 Å². The smallest absolute Gasteiger partial charge is 0.857 e. The van der Waals surface area contributed by atoms with Crippen LogP contribution in [0.4, 0.5) is 0 Å². The second kappa shape index (κ2) is 11.4. The van der Waals surface area contributed by atoms with Crippen LogP contribution in [0.1, 0.15) is 43.7 Å². The summed E-state index contributed by atoms with van der Waals surface area (Å²) in [6.45, 7) is 4.65. The summed E-state index contributed by atoms with van der Waals surface area (Å²) >= 11 is 0. The Kier molecular flexibility index (Phi) is 10.9. The third kappa shape index (κ3) is 5.14. The summed E-state index contributed by atoms with van der Waals surface area (Å²) in [4.78, 5) is 0. The SMILES string of the molecule is C#CCC1C(C(C)(C)C2=CC=CC2)=Cc2ccccc21.C[O-].C[O-].[Zr+2]. The number of terminal acetylenes is 1. The molecule has 0 aromatic heterocycles. The van der Waals surface area contributed by atoms with Crippen LogP contribution in [-0.4, -0.2) is 14.2 Å². The summed E-state index contributed by atoms with van der Waals surface area (Å²) in [5.74, 6) is 3.24. The summed E-state index contributed by atoms with van der Waals surface area (Å²) < 4.78 is 0. The summed E-state index contributed by atoms with van der Waals surface area (Å²) in [5.41, 5.74) is 5.75. The molecule has 1 aromatic rings. The van der Waals surface area contributed by atoms with Crippen LogP contribution in [0.5, 0.6) is 0 Å². The molecule has 2 aliphatic carbocycles. The normalized spacial score (nSPS) is 16.8. The van der Waals surface area contributed by atoms with Crippen molar-refractivity contribution in [3.05, 3.63) is 64.8 Å². The summed E-state index contributed by atoms with van der Waals surface area (Å²) in [6, 6.07) is 8.64. The molecule has 3 rings (SSSR count). The Morgan fingerprint density at radius 3 is 2.36 bits per heavy atom. The standard InChI is InChI=1S/C20H20.2CH3O.Zr/c1-4-9-18-17-13-8-5-10-15(17)14-19(18)20(2,3)16-11-6-7-12-16;2*1-2;/h1,5-8,10-11,13-14,18H,9,12H2,2-3H3;2*1H3;/q;2*-1;+2. The molecule has 0 heterocycles. The molecule has 0 saturated carbocycles. The van der Waals surface area contributed by atoms with E-state index >= 15 is 0 Å². The van der Waals surface area contributed by atoms with E-state index in [-0.39, 0.29) is 31.6 Å². The molecule has 130 valence electrons. The molecule has 2 aliphatic rings. The van der Waals surface area contributed by atoms with Gasteiger partial charge in [-0.15, -0.1) is 12.3 Å². The van der Waals surface area contributed by atoms with Crippen molar-refractivity contribution in [1.29, 1.82) is 0 Å². The van der Waals surface area contributed by atoms with E-state index in [9.17, 15) is 0 Å². The van der Waals surface area contributed by atoms with Crippen molar-refractivity contribution in [2.45, 2.75) is 32.6 Å². The van der Waals surface area contributed by atoms with Gasteiger partial charge >= 0.3 is 26.2 Å². The van der Waals surface area contributed by atoms with Gasteiger partial charge in [-0.25, -0.2) is 0 Å². The fraction of sp³-hybridized carbons (Fsp3) is 0.364. The maximum Gasteiger partial charge on any atom is 2.00 e. The molecule has 25 heavy (non-hydrogen) atoms.